The minimum absolute atomic E-state index is 0.497. The van der Waals surface area contributed by atoms with Crippen molar-refractivity contribution in [3.8, 4) is 0 Å². The van der Waals surface area contributed by atoms with Crippen molar-refractivity contribution in [1.82, 2.24) is 5.32 Å². The van der Waals surface area contributed by atoms with Crippen LogP contribution in [-0.2, 0) is 9.05 Å². The molecule has 0 aromatic heterocycles. The van der Waals surface area contributed by atoms with Crippen LogP contribution < -0.4 is 5.32 Å². The van der Waals surface area contributed by atoms with Gasteiger partial charge in [0, 0.05) is 17.2 Å². The van der Waals surface area contributed by atoms with Gasteiger partial charge in [0.25, 0.3) is 15.0 Å². The van der Waals surface area contributed by atoms with Gasteiger partial charge in [-0.1, -0.05) is 11.6 Å². The second kappa shape index (κ2) is 6.37. The maximum absolute atomic E-state index is 13.4. The van der Waals surface area contributed by atoms with Crippen molar-refractivity contribution in [2.24, 2.45) is 0 Å². The Morgan fingerprint density at radius 2 is 1.86 bits per heavy atom. The molecule has 1 rings (SSSR count). The lowest BCUT2D eigenvalue weighted by Crippen LogP contribution is -2.28. The second-order valence-electron chi connectivity index (χ2n) is 3.83. The highest BCUT2D eigenvalue weighted by Crippen LogP contribution is 2.26. The predicted octanol–water partition coefficient (Wildman–Crippen LogP) is 3.09. The molecule has 0 atom stereocenters. The molecule has 4 nitrogen and oxygen atoms in total. The quantitative estimate of drug-likeness (QED) is 0.656. The first kappa shape index (κ1) is 18.0. The Morgan fingerprint density at radius 3 is 2.33 bits per heavy atom. The number of carbonyl (C=O) groups excluding carboxylic acids is 1. The summed E-state index contributed by atoms with van der Waals surface area (Å²) in [5.41, 5.74) is -0.627. The van der Waals surface area contributed by atoms with Crippen molar-refractivity contribution >= 4 is 37.2 Å². The molecule has 118 valence electrons. The number of alkyl halides is 3. The first-order valence-corrected chi connectivity index (χ1v) is 7.89. The molecule has 0 aliphatic carbocycles. The van der Waals surface area contributed by atoms with Crippen molar-refractivity contribution in [3.63, 3.8) is 0 Å². The number of halogens is 6. The fourth-order valence-electron chi connectivity index (χ4n) is 1.28. The van der Waals surface area contributed by atoms with Crippen molar-refractivity contribution in [2.45, 2.75) is 17.5 Å². The van der Waals surface area contributed by atoms with Gasteiger partial charge in [-0.25, -0.2) is 12.8 Å². The zero-order valence-electron chi connectivity index (χ0n) is 9.97. The fraction of sp³-hybridized carbons (Fsp3) is 0.300. The number of benzene rings is 1. The number of hydrogen-bond donors (Lipinski definition) is 1. The van der Waals surface area contributed by atoms with Gasteiger partial charge in [0.2, 0.25) is 0 Å². The van der Waals surface area contributed by atoms with E-state index in [4.69, 9.17) is 22.3 Å². The van der Waals surface area contributed by atoms with E-state index in [2.05, 4.69) is 0 Å². The average molecular weight is 368 g/mol. The third-order valence-corrected chi connectivity index (χ3v) is 3.94. The van der Waals surface area contributed by atoms with Crippen LogP contribution >= 0.6 is 22.3 Å². The Bertz CT molecular complexity index is 661. The van der Waals surface area contributed by atoms with E-state index in [1.54, 1.807) is 0 Å². The lowest BCUT2D eigenvalue weighted by molar-refractivity contribution is -0.132. The molecule has 0 aliphatic rings. The molecular weight excluding hydrogens is 361 g/mol. The van der Waals surface area contributed by atoms with Crippen molar-refractivity contribution in [1.29, 1.82) is 0 Å². The van der Waals surface area contributed by atoms with Crippen LogP contribution in [0.25, 0.3) is 0 Å². The summed E-state index contributed by atoms with van der Waals surface area (Å²) in [6.07, 6.45) is -5.78. The van der Waals surface area contributed by atoms with E-state index in [9.17, 15) is 30.8 Å². The van der Waals surface area contributed by atoms with Gasteiger partial charge < -0.3 is 5.32 Å². The summed E-state index contributed by atoms with van der Waals surface area (Å²) in [7, 11) is 0.677. The molecule has 0 heterocycles. The number of carbonyl (C=O) groups is 1. The third kappa shape index (κ3) is 5.33. The van der Waals surface area contributed by atoms with E-state index in [1.165, 1.54) is 0 Å². The van der Waals surface area contributed by atoms with Crippen molar-refractivity contribution < 1.29 is 30.8 Å². The summed E-state index contributed by atoms with van der Waals surface area (Å²) in [5, 5.41) is 1.14. The number of amides is 1. The lowest BCUT2D eigenvalue weighted by Gasteiger charge is -2.10. The smallest absolute Gasteiger partial charge is 0.352 e. The molecular formula is C10H7Cl2F4NO3S. The van der Waals surface area contributed by atoms with E-state index >= 15 is 0 Å². The fourth-order valence-corrected chi connectivity index (χ4v) is 2.25. The van der Waals surface area contributed by atoms with Gasteiger partial charge in [-0.05, 0) is 12.1 Å². The molecule has 0 saturated carbocycles. The molecule has 0 fully saturated rings. The summed E-state index contributed by atoms with van der Waals surface area (Å²) in [4.78, 5) is 10.9. The maximum atomic E-state index is 13.4. The van der Waals surface area contributed by atoms with E-state index in [-0.39, 0.29) is 0 Å². The summed E-state index contributed by atoms with van der Waals surface area (Å²) in [5.74, 6) is -2.38. The minimum atomic E-state index is -4.48. The zero-order chi connectivity index (χ0) is 16.4. The molecule has 0 radical (unpaired) electrons. The van der Waals surface area contributed by atoms with Gasteiger partial charge in [0.05, 0.1) is 21.9 Å². The molecule has 0 spiro atoms. The summed E-state index contributed by atoms with van der Waals surface area (Å²) in [6.45, 7) is -0.766. The molecule has 0 bridgehead atoms. The molecule has 21 heavy (non-hydrogen) atoms. The standard InChI is InChI=1S/C10H7Cl2F4NO3S/c11-8-6(9(18)17-2-1-10(14,15)16)3-5(4-7(8)13)21(12,19)20/h3-4H,1-2H2,(H,17,18). The van der Waals surface area contributed by atoms with Crippen molar-refractivity contribution in [3.05, 3.63) is 28.5 Å². The normalized spacial score (nSPS) is 12.3. The maximum Gasteiger partial charge on any atom is 0.390 e. The minimum Gasteiger partial charge on any atom is -0.352 e. The van der Waals surface area contributed by atoms with Gasteiger partial charge in [-0.2, -0.15) is 13.2 Å². The first-order chi connectivity index (χ1) is 9.42. The van der Waals surface area contributed by atoms with Gasteiger partial charge in [-0.15, -0.1) is 0 Å². The Morgan fingerprint density at radius 1 is 1.29 bits per heavy atom. The Hall–Kier alpha value is -1.06. The molecule has 1 amide bonds. The van der Waals surface area contributed by atoms with Crippen LogP contribution in [0.15, 0.2) is 17.0 Å². The number of nitrogens with one attached hydrogen (secondary N) is 1. The van der Waals surface area contributed by atoms with Gasteiger partial charge >= 0.3 is 6.18 Å². The number of rotatable bonds is 4. The van der Waals surface area contributed by atoms with Gasteiger partial charge in [-0.3, -0.25) is 4.79 Å². The molecule has 11 heteroatoms. The summed E-state index contributed by atoms with van der Waals surface area (Å²) < 4.78 is 71.4. The zero-order valence-corrected chi connectivity index (χ0v) is 12.3. The van der Waals surface area contributed by atoms with E-state index in [1.807, 2.05) is 5.32 Å². The monoisotopic (exact) mass is 367 g/mol. The first-order valence-electron chi connectivity index (χ1n) is 5.20. The third-order valence-electron chi connectivity index (χ3n) is 2.22. The Labute approximate surface area is 126 Å². The lowest BCUT2D eigenvalue weighted by atomic mass is 10.2. The average Bonchev–Trinajstić information content (AvgIpc) is 2.29. The van der Waals surface area contributed by atoms with Crippen LogP contribution in [-0.4, -0.2) is 27.0 Å². The van der Waals surface area contributed by atoms with E-state index in [0.717, 1.165) is 0 Å². The molecule has 0 aliphatic heterocycles. The molecule has 1 aromatic rings. The highest BCUT2D eigenvalue weighted by molar-refractivity contribution is 8.13. The molecule has 1 aromatic carbocycles. The van der Waals surface area contributed by atoms with Crippen LogP contribution in [0, 0.1) is 5.82 Å². The summed E-state index contributed by atoms with van der Waals surface area (Å²) >= 11 is 5.48. The van der Waals surface area contributed by atoms with Crippen LogP contribution in [0.4, 0.5) is 17.6 Å². The van der Waals surface area contributed by atoms with Gasteiger partial charge in [0.1, 0.15) is 5.82 Å². The molecule has 1 N–H and O–H groups in total. The Balaban J connectivity index is 3.02. The number of hydrogen-bond acceptors (Lipinski definition) is 3. The van der Waals surface area contributed by atoms with Crippen LogP contribution in [0.5, 0.6) is 0 Å². The van der Waals surface area contributed by atoms with E-state index < -0.39 is 55.4 Å². The van der Waals surface area contributed by atoms with Gasteiger partial charge in [0.15, 0.2) is 0 Å². The van der Waals surface area contributed by atoms with E-state index in [0.29, 0.717) is 12.1 Å². The summed E-state index contributed by atoms with van der Waals surface area (Å²) in [6, 6.07) is 1.17. The van der Waals surface area contributed by atoms with Crippen molar-refractivity contribution in [2.75, 3.05) is 6.54 Å². The largest absolute Gasteiger partial charge is 0.390 e. The van der Waals surface area contributed by atoms with Crippen LogP contribution in [0.2, 0.25) is 5.02 Å². The predicted molar refractivity (Wildman–Crippen MR) is 67.5 cm³/mol. The topological polar surface area (TPSA) is 63.2 Å². The SMILES string of the molecule is O=C(NCCC(F)(F)F)c1cc(S(=O)(=O)Cl)cc(F)c1Cl. The highest BCUT2D eigenvalue weighted by atomic mass is 35.7. The Kier molecular flexibility index (Phi) is 5.46. The molecule has 0 saturated heterocycles. The van der Waals surface area contributed by atoms with Crippen LogP contribution in [0.3, 0.4) is 0 Å². The highest BCUT2D eigenvalue weighted by Gasteiger charge is 2.27. The second-order valence-corrected chi connectivity index (χ2v) is 6.77. The van der Waals surface area contributed by atoms with Crippen LogP contribution in [0.1, 0.15) is 16.8 Å². The molecule has 0 unspecified atom stereocenters.